The van der Waals surface area contributed by atoms with E-state index in [9.17, 15) is 4.79 Å². The van der Waals surface area contributed by atoms with E-state index in [-0.39, 0.29) is 17.8 Å². The van der Waals surface area contributed by atoms with Gasteiger partial charge in [-0.1, -0.05) is 81.8 Å². The third kappa shape index (κ3) is 6.98. The number of fused-ring (bicyclic) bond motifs is 1. The summed E-state index contributed by atoms with van der Waals surface area (Å²) in [4.78, 5) is 13.8. The summed E-state index contributed by atoms with van der Waals surface area (Å²) < 4.78 is 29.2. The number of hydrogen-bond acceptors (Lipinski definition) is 6. The third-order valence-corrected chi connectivity index (χ3v) is 7.14. The van der Waals surface area contributed by atoms with Gasteiger partial charge >= 0.3 is 0 Å². The van der Waals surface area contributed by atoms with E-state index in [1.54, 1.807) is 33.5 Å². The summed E-state index contributed by atoms with van der Waals surface area (Å²) in [5.74, 6) is 1.84. The van der Waals surface area contributed by atoms with Crippen molar-refractivity contribution in [3.63, 3.8) is 0 Å². The molecule has 4 rings (SSSR count). The highest BCUT2D eigenvalue weighted by Crippen LogP contribution is 2.43. The van der Waals surface area contributed by atoms with Gasteiger partial charge in [-0.05, 0) is 48.2 Å². The Balaban J connectivity index is 1.71. The number of benzene rings is 3. The fourth-order valence-electron chi connectivity index (χ4n) is 4.93. The van der Waals surface area contributed by atoms with Crippen LogP contribution in [0.25, 0.3) is 22.3 Å². The van der Waals surface area contributed by atoms with Gasteiger partial charge in [0.05, 0.1) is 26.7 Å². The molecule has 0 aliphatic carbocycles. The van der Waals surface area contributed by atoms with Crippen molar-refractivity contribution in [1.82, 2.24) is 0 Å². The van der Waals surface area contributed by atoms with Gasteiger partial charge in [-0.3, -0.25) is 4.79 Å². The Kier molecular flexibility index (Phi) is 10.5. The maximum Gasteiger partial charge on any atom is 0.235 e. The molecule has 0 atom stereocenters. The predicted molar refractivity (Wildman–Crippen MR) is 160 cm³/mol. The number of hydrogen-bond donors (Lipinski definition) is 0. The molecule has 0 radical (unpaired) electrons. The molecule has 0 saturated heterocycles. The molecule has 0 bridgehead atoms. The second-order valence-electron chi connectivity index (χ2n) is 9.98. The van der Waals surface area contributed by atoms with Crippen LogP contribution in [0.5, 0.6) is 23.0 Å². The molecular weight excluding hydrogens is 504 g/mol. The topological polar surface area (TPSA) is 67.1 Å². The molecule has 6 nitrogen and oxygen atoms in total. The maximum absolute atomic E-state index is 13.8. The fourth-order valence-corrected chi connectivity index (χ4v) is 4.93. The summed E-state index contributed by atoms with van der Waals surface area (Å²) in [6, 6.07) is 19.1. The van der Waals surface area contributed by atoms with Crippen LogP contribution in [0.4, 0.5) is 0 Å². The van der Waals surface area contributed by atoms with Crippen LogP contribution in [0.2, 0.25) is 0 Å². The smallest absolute Gasteiger partial charge is 0.235 e. The molecule has 1 heterocycles. The Bertz CT molecular complexity index is 1420. The molecule has 4 aromatic rings. The summed E-state index contributed by atoms with van der Waals surface area (Å²) in [5, 5.41) is 0.488. The lowest BCUT2D eigenvalue weighted by molar-refractivity contribution is 0.297. The fraction of sp³-hybridized carbons (Fsp3) is 0.382. The molecule has 3 aromatic carbocycles. The van der Waals surface area contributed by atoms with Crippen molar-refractivity contribution in [2.75, 3.05) is 21.3 Å². The third-order valence-electron chi connectivity index (χ3n) is 7.14. The Hall–Kier alpha value is -3.93. The molecule has 0 spiro atoms. The molecule has 0 aliphatic rings. The number of aryl methyl sites for hydroxylation is 1. The Labute approximate surface area is 236 Å². The zero-order valence-electron chi connectivity index (χ0n) is 24.1. The maximum atomic E-state index is 13.8. The highest BCUT2D eigenvalue weighted by molar-refractivity contribution is 5.83. The molecule has 0 N–H and O–H groups in total. The average Bonchev–Trinajstić information content (AvgIpc) is 2.99. The highest BCUT2D eigenvalue weighted by Gasteiger charge is 2.22. The van der Waals surface area contributed by atoms with Crippen molar-refractivity contribution >= 4 is 11.0 Å². The standard InChI is InChI=1S/C34H40O6/c1-5-6-7-8-9-10-12-15-24-18-19-27-28(20-24)40-32(26-21-29(36-2)33(38-4)30(22-26)37-3)34(31(27)35)39-23-25-16-13-11-14-17-25/h11,13-14,16-22H,5-10,12,15,23H2,1-4H3. The first-order chi connectivity index (χ1) is 19.6. The summed E-state index contributed by atoms with van der Waals surface area (Å²) >= 11 is 0. The molecule has 0 saturated carbocycles. The van der Waals surface area contributed by atoms with Gasteiger partial charge in [-0.25, -0.2) is 0 Å². The second kappa shape index (κ2) is 14.5. The SMILES string of the molecule is CCCCCCCCCc1ccc2c(=O)c(OCc3ccccc3)c(-c3cc(OC)c(OC)c(OC)c3)oc2c1. The largest absolute Gasteiger partial charge is 0.493 e. The van der Waals surface area contributed by atoms with Crippen LogP contribution in [-0.2, 0) is 13.0 Å². The summed E-state index contributed by atoms with van der Waals surface area (Å²) in [6.45, 7) is 2.47. The van der Waals surface area contributed by atoms with Crippen molar-refractivity contribution in [2.45, 2.75) is 64.9 Å². The first-order valence-corrected chi connectivity index (χ1v) is 14.2. The zero-order chi connectivity index (χ0) is 28.3. The summed E-state index contributed by atoms with van der Waals surface area (Å²) in [7, 11) is 4.67. The van der Waals surface area contributed by atoms with Gasteiger partial charge in [-0.15, -0.1) is 0 Å². The van der Waals surface area contributed by atoms with Crippen molar-refractivity contribution in [3.05, 3.63) is 82.0 Å². The van der Waals surface area contributed by atoms with Crippen LogP contribution < -0.4 is 24.4 Å². The molecule has 0 fully saturated rings. The van der Waals surface area contributed by atoms with E-state index in [2.05, 4.69) is 6.92 Å². The van der Waals surface area contributed by atoms with E-state index in [0.29, 0.717) is 39.5 Å². The van der Waals surface area contributed by atoms with E-state index in [1.807, 2.05) is 48.5 Å². The monoisotopic (exact) mass is 544 g/mol. The molecule has 0 amide bonds. The van der Waals surface area contributed by atoms with Gasteiger partial charge in [0.1, 0.15) is 12.2 Å². The lowest BCUT2D eigenvalue weighted by atomic mass is 10.0. The van der Waals surface area contributed by atoms with Crippen LogP contribution in [-0.4, -0.2) is 21.3 Å². The van der Waals surface area contributed by atoms with E-state index >= 15 is 0 Å². The normalized spacial score (nSPS) is 11.0. The quantitative estimate of drug-likeness (QED) is 0.140. The van der Waals surface area contributed by atoms with Gasteiger partial charge in [0.2, 0.25) is 16.9 Å². The van der Waals surface area contributed by atoms with Crippen LogP contribution in [0.1, 0.15) is 63.0 Å². The van der Waals surface area contributed by atoms with E-state index < -0.39 is 0 Å². The van der Waals surface area contributed by atoms with E-state index in [4.69, 9.17) is 23.4 Å². The number of methoxy groups -OCH3 is 3. The first-order valence-electron chi connectivity index (χ1n) is 14.2. The molecule has 0 unspecified atom stereocenters. The lowest BCUT2D eigenvalue weighted by Crippen LogP contribution is -2.10. The van der Waals surface area contributed by atoms with Crippen LogP contribution in [0.15, 0.2) is 69.9 Å². The van der Waals surface area contributed by atoms with Crippen molar-refractivity contribution in [1.29, 1.82) is 0 Å². The van der Waals surface area contributed by atoms with Crippen molar-refractivity contribution < 1.29 is 23.4 Å². The molecule has 0 aliphatic heterocycles. The number of unbranched alkanes of at least 4 members (excludes halogenated alkanes) is 6. The van der Waals surface area contributed by atoms with Gasteiger partial charge in [0.15, 0.2) is 17.3 Å². The Morgan fingerprint density at radius 1 is 0.700 bits per heavy atom. The zero-order valence-corrected chi connectivity index (χ0v) is 24.1. The van der Waals surface area contributed by atoms with Crippen LogP contribution in [0, 0.1) is 0 Å². The number of ether oxygens (including phenoxy) is 4. The summed E-state index contributed by atoms with van der Waals surface area (Å²) in [6.07, 6.45) is 9.71. The minimum atomic E-state index is -0.219. The number of rotatable bonds is 15. The predicted octanol–water partition coefficient (Wildman–Crippen LogP) is 8.36. The average molecular weight is 545 g/mol. The molecule has 1 aromatic heterocycles. The summed E-state index contributed by atoms with van der Waals surface area (Å²) in [5.41, 5.74) is 3.00. The van der Waals surface area contributed by atoms with Crippen molar-refractivity contribution in [3.8, 4) is 34.3 Å². The van der Waals surface area contributed by atoms with Gasteiger partial charge < -0.3 is 23.4 Å². The van der Waals surface area contributed by atoms with Gasteiger partial charge in [0.25, 0.3) is 0 Å². The molecular formula is C34H40O6. The van der Waals surface area contributed by atoms with Crippen LogP contribution >= 0.6 is 0 Å². The Morgan fingerprint density at radius 2 is 1.38 bits per heavy atom. The highest BCUT2D eigenvalue weighted by atomic mass is 16.5. The molecule has 6 heteroatoms. The minimum absolute atomic E-state index is 0.144. The minimum Gasteiger partial charge on any atom is -0.493 e. The second-order valence-corrected chi connectivity index (χ2v) is 9.98. The van der Waals surface area contributed by atoms with Gasteiger partial charge in [0, 0.05) is 5.56 Å². The van der Waals surface area contributed by atoms with Crippen LogP contribution in [0.3, 0.4) is 0 Å². The van der Waals surface area contributed by atoms with Gasteiger partial charge in [-0.2, -0.15) is 0 Å². The van der Waals surface area contributed by atoms with E-state index in [1.165, 1.54) is 38.5 Å². The Morgan fingerprint density at radius 3 is 2.02 bits per heavy atom. The molecule has 40 heavy (non-hydrogen) atoms. The lowest BCUT2D eigenvalue weighted by Gasteiger charge is -2.16. The van der Waals surface area contributed by atoms with Crippen molar-refractivity contribution in [2.24, 2.45) is 0 Å². The molecule has 212 valence electrons. The first kappa shape index (κ1) is 29.1. The van der Waals surface area contributed by atoms with E-state index in [0.717, 1.165) is 24.0 Å².